The van der Waals surface area contributed by atoms with Gasteiger partial charge in [-0.3, -0.25) is 4.98 Å². The Morgan fingerprint density at radius 3 is 1.37 bits per heavy atom. The molecule has 2 aromatic heterocycles. The monoisotopic (exact) mass is 491 g/mol. The second-order valence-electron chi connectivity index (χ2n) is 8.91. The van der Waals surface area contributed by atoms with E-state index in [9.17, 15) is 0 Å². The third-order valence-corrected chi connectivity index (χ3v) is 6.43. The Bertz CT molecular complexity index is 1580. The van der Waals surface area contributed by atoms with Crippen LogP contribution in [0.25, 0.3) is 45.4 Å². The predicted octanol–water partition coefficient (Wildman–Crippen LogP) is 7.70. The number of pyridine rings is 1. The van der Waals surface area contributed by atoms with Crippen molar-refractivity contribution in [2.75, 3.05) is 11.9 Å². The molecule has 0 fully saturated rings. The Balaban J connectivity index is 1.30. The summed E-state index contributed by atoms with van der Waals surface area (Å²) in [5.41, 5.74) is 7.01. The first-order valence-corrected chi connectivity index (χ1v) is 12.5. The van der Waals surface area contributed by atoms with Crippen LogP contribution in [0.3, 0.4) is 0 Å². The van der Waals surface area contributed by atoms with E-state index < -0.39 is 0 Å². The number of nitrogens with zero attached hydrogens (tertiary/aromatic N) is 5. The third-order valence-electron chi connectivity index (χ3n) is 6.43. The zero-order valence-corrected chi connectivity index (χ0v) is 20.9. The van der Waals surface area contributed by atoms with Crippen LogP contribution in [-0.2, 0) is 0 Å². The molecule has 0 amide bonds. The summed E-state index contributed by atoms with van der Waals surface area (Å²) < 4.78 is 0. The van der Waals surface area contributed by atoms with Gasteiger partial charge in [0, 0.05) is 23.9 Å². The molecule has 0 saturated heterocycles. The summed E-state index contributed by atoms with van der Waals surface area (Å²) in [6.45, 7) is 0. The van der Waals surface area contributed by atoms with Gasteiger partial charge in [-0.1, -0.05) is 103 Å². The fraction of sp³-hybridized carbons (Fsp3) is 0.0303. The Morgan fingerprint density at radius 2 is 0.868 bits per heavy atom. The van der Waals surface area contributed by atoms with Crippen molar-refractivity contribution in [1.29, 1.82) is 0 Å². The second kappa shape index (κ2) is 10.4. The summed E-state index contributed by atoms with van der Waals surface area (Å²) in [7, 11) is 2.04. The van der Waals surface area contributed by atoms with E-state index in [-0.39, 0.29) is 0 Å². The molecule has 6 rings (SSSR count). The van der Waals surface area contributed by atoms with Crippen LogP contribution < -0.4 is 4.90 Å². The summed E-state index contributed by atoms with van der Waals surface area (Å²) in [6.07, 6.45) is 1.86. The maximum absolute atomic E-state index is 4.77. The first kappa shape index (κ1) is 23.3. The van der Waals surface area contributed by atoms with Gasteiger partial charge in [-0.15, -0.1) is 0 Å². The quantitative estimate of drug-likeness (QED) is 0.239. The average molecular weight is 492 g/mol. The lowest BCUT2D eigenvalue weighted by atomic mass is 10.1. The highest BCUT2D eigenvalue weighted by Gasteiger charge is 2.13. The maximum atomic E-state index is 4.77. The summed E-state index contributed by atoms with van der Waals surface area (Å²) >= 11 is 0. The zero-order valence-electron chi connectivity index (χ0n) is 20.9. The molecule has 0 unspecified atom stereocenters. The van der Waals surface area contributed by atoms with E-state index >= 15 is 0 Å². The number of hydrogen-bond donors (Lipinski definition) is 0. The largest absolute Gasteiger partial charge is 0.343 e. The molecule has 0 spiro atoms. The molecule has 0 bridgehead atoms. The minimum atomic E-state index is 0.541. The lowest BCUT2D eigenvalue weighted by Crippen LogP contribution is -2.09. The molecule has 0 aliphatic heterocycles. The molecule has 6 aromatic rings. The fourth-order valence-corrected chi connectivity index (χ4v) is 4.30. The van der Waals surface area contributed by atoms with Gasteiger partial charge in [0.2, 0.25) is 0 Å². The predicted molar refractivity (Wildman–Crippen MR) is 154 cm³/mol. The zero-order chi connectivity index (χ0) is 25.7. The minimum absolute atomic E-state index is 0.541. The standard InChI is InChI=1S/C33H25N5/c1-38(28-19-17-25(18-20-28)24-11-5-2-6-12-24)29-21-22-30(34-23-29)33-36-31(26-13-7-3-8-14-26)35-32(37-33)27-15-9-4-10-16-27/h2-23H,1H3. The minimum Gasteiger partial charge on any atom is -0.343 e. The number of benzene rings is 4. The highest BCUT2D eigenvalue weighted by Crippen LogP contribution is 2.28. The van der Waals surface area contributed by atoms with Gasteiger partial charge in [0.25, 0.3) is 0 Å². The molecule has 0 atom stereocenters. The molecule has 0 N–H and O–H groups in total. The first-order valence-electron chi connectivity index (χ1n) is 12.5. The van der Waals surface area contributed by atoms with E-state index in [1.165, 1.54) is 11.1 Å². The van der Waals surface area contributed by atoms with Gasteiger partial charge >= 0.3 is 0 Å². The van der Waals surface area contributed by atoms with E-state index in [2.05, 4.69) is 53.4 Å². The van der Waals surface area contributed by atoms with E-state index in [1.807, 2.05) is 92.1 Å². The van der Waals surface area contributed by atoms with Crippen LogP contribution in [-0.4, -0.2) is 27.0 Å². The van der Waals surface area contributed by atoms with E-state index in [0.29, 0.717) is 23.2 Å². The molecule has 0 aliphatic carbocycles. The normalized spacial score (nSPS) is 10.8. The molecule has 0 radical (unpaired) electrons. The van der Waals surface area contributed by atoms with E-state index in [4.69, 9.17) is 19.9 Å². The summed E-state index contributed by atoms with van der Waals surface area (Å²) in [4.78, 5) is 21.2. The van der Waals surface area contributed by atoms with Gasteiger partial charge in [0.05, 0.1) is 11.9 Å². The fourth-order valence-electron chi connectivity index (χ4n) is 4.30. The lowest BCUT2D eigenvalue weighted by molar-refractivity contribution is 1.06. The van der Waals surface area contributed by atoms with Gasteiger partial charge in [0.15, 0.2) is 17.5 Å². The Kier molecular flexibility index (Phi) is 6.39. The molecule has 2 heterocycles. The van der Waals surface area contributed by atoms with Crippen LogP contribution in [0, 0.1) is 0 Å². The van der Waals surface area contributed by atoms with Crippen molar-refractivity contribution < 1.29 is 0 Å². The topological polar surface area (TPSA) is 54.8 Å². The van der Waals surface area contributed by atoms with Crippen LogP contribution in [0.15, 0.2) is 134 Å². The molecule has 38 heavy (non-hydrogen) atoms. The molecular weight excluding hydrogens is 466 g/mol. The molecule has 0 saturated carbocycles. The highest BCUT2D eigenvalue weighted by molar-refractivity contribution is 5.70. The smallest absolute Gasteiger partial charge is 0.182 e. The van der Waals surface area contributed by atoms with Crippen LogP contribution in [0.5, 0.6) is 0 Å². The molecule has 5 heteroatoms. The number of rotatable bonds is 6. The Hall–Kier alpha value is -5.16. The number of hydrogen-bond acceptors (Lipinski definition) is 5. The van der Waals surface area contributed by atoms with Crippen molar-refractivity contribution in [3.63, 3.8) is 0 Å². The average Bonchev–Trinajstić information content (AvgIpc) is 3.02. The molecule has 4 aromatic carbocycles. The first-order chi connectivity index (χ1) is 18.7. The highest BCUT2D eigenvalue weighted by atomic mass is 15.1. The van der Waals surface area contributed by atoms with Crippen molar-refractivity contribution in [2.24, 2.45) is 0 Å². The number of aromatic nitrogens is 4. The van der Waals surface area contributed by atoms with Gasteiger partial charge in [-0.2, -0.15) is 0 Å². The lowest BCUT2D eigenvalue weighted by Gasteiger charge is -2.19. The van der Waals surface area contributed by atoms with Gasteiger partial charge in [0.1, 0.15) is 5.69 Å². The summed E-state index contributed by atoms with van der Waals surface area (Å²) in [5, 5.41) is 0. The van der Waals surface area contributed by atoms with Crippen LogP contribution in [0.2, 0.25) is 0 Å². The summed E-state index contributed by atoms with van der Waals surface area (Å²) in [6, 6.07) is 42.8. The van der Waals surface area contributed by atoms with E-state index in [0.717, 1.165) is 22.5 Å². The van der Waals surface area contributed by atoms with Crippen molar-refractivity contribution in [3.05, 3.63) is 134 Å². The third kappa shape index (κ3) is 4.90. The molecule has 0 aliphatic rings. The maximum Gasteiger partial charge on any atom is 0.182 e. The Labute approximate surface area is 222 Å². The van der Waals surface area contributed by atoms with Crippen molar-refractivity contribution in [1.82, 2.24) is 19.9 Å². The van der Waals surface area contributed by atoms with Gasteiger partial charge in [-0.25, -0.2) is 15.0 Å². The summed E-state index contributed by atoms with van der Waals surface area (Å²) in [5.74, 6) is 1.78. The number of anilines is 2. The van der Waals surface area contributed by atoms with Crippen LogP contribution >= 0.6 is 0 Å². The SMILES string of the molecule is CN(c1ccc(-c2ccccc2)cc1)c1ccc(-c2nc(-c3ccccc3)nc(-c3ccccc3)n2)nc1. The molecule has 182 valence electrons. The van der Waals surface area contributed by atoms with Crippen molar-refractivity contribution >= 4 is 11.4 Å². The van der Waals surface area contributed by atoms with Gasteiger partial charge in [-0.05, 0) is 35.4 Å². The molecular formula is C33H25N5. The molecule has 5 nitrogen and oxygen atoms in total. The van der Waals surface area contributed by atoms with Crippen molar-refractivity contribution in [3.8, 4) is 45.4 Å². The van der Waals surface area contributed by atoms with Crippen LogP contribution in [0.4, 0.5) is 11.4 Å². The second-order valence-corrected chi connectivity index (χ2v) is 8.91. The van der Waals surface area contributed by atoms with Gasteiger partial charge < -0.3 is 4.90 Å². The van der Waals surface area contributed by atoms with E-state index in [1.54, 1.807) is 0 Å². The Morgan fingerprint density at radius 1 is 0.421 bits per heavy atom. The van der Waals surface area contributed by atoms with Crippen molar-refractivity contribution in [2.45, 2.75) is 0 Å². The van der Waals surface area contributed by atoms with Crippen LogP contribution in [0.1, 0.15) is 0 Å².